The van der Waals surface area contributed by atoms with E-state index in [1.807, 2.05) is 23.1 Å². The summed E-state index contributed by atoms with van der Waals surface area (Å²) in [6.45, 7) is 2.96. The van der Waals surface area contributed by atoms with Gasteiger partial charge in [-0.05, 0) is 55.0 Å². The van der Waals surface area contributed by atoms with E-state index < -0.39 is 21.6 Å². The molecular weight excluding hydrogens is 466 g/mol. The van der Waals surface area contributed by atoms with Crippen LogP contribution in [0.15, 0.2) is 47.4 Å². The average molecular weight is 494 g/mol. The number of piperazine rings is 1. The van der Waals surface area contributed by atoms with Gasteiger partial charge in [-0.1, -0.05) is 30.3 Å². The zero-order valence-corrected chi connectivity index (χ0v) is 20.3. The topological polar surface area (TPSA) is 114 Å². The third-order valence-corrected chi connectivity index (χ3v) is 9.21. The van der Waals surface area contributed by atoms with Gasteiger partial charge in [-0.25, -0.2) is 18.1 Å². The molecule has 3 amide bonds. The number of carbonyl (C=O) groups is 2. The van der Waals surface area contributed by atoms with E-state index >= 15 is 0 Å². The molecule has 5 rings (SSSR count). The van der Waals surface area contributed by atoms with E-state index in [0.717, 1.165) is 24.8 Å². The molecule has 9 nitrogen and oxygen atoms in total. The van der Waals surface area contributed by atoms with Crippen LogP contribution >= 0.6 is 0 Å². The minimum absolute atomic E-state index is 0.00448. The number of hydrogen-bond acceptors (Lipinski definition) is 6. The molecule has 2 aromatic carbocycles. The first-order valence-electron chi connectivity index (χ1n) is 11.7. The van der Waals surface area contributed by atoms with Crippen LogP contribution in [0.2, 0.25) is 0 Å². The number of sulfonamides is 1. The number of fused-ring (bicyclic) bond motifs is 1. The molecule has 0 aromatic heterocycles. The van der Waals surface area contributed by atoms with Crippen molar-refractivity contribution in [2.24, 2.45) is 0 Å². The van der Waals surface area contributed by atoms with Crippen molar-refractivity contribution in [1.82, 2.24) is 19.4 Å². The first-order chi connectivity index (χ1) is 16.7. The van der Waals surface area contributed by atoms with Gasteiger partial charge in [-0.15, -0.1) is 0 Å². The molecule has 10 heteroatoms. The van der Waals surface area contributed by atoms with Gasteiger partial charge in [0.05, 0.1) is 17.1 Å². The number of amides is 3. The lowest BCUT2D eigenvalue weighted by Gasteiger charge is -2.35. The molecular formula is C25H27N5O4S. The molecule has 182 valence electrons. The van der Waals surface area contributed by atoms with Gasteiger partial charge in [0.15, 0.2) is 0 Å². The standard InChI is InChI=1S/C25H27N5O4S/c1-25(21-10-9-18-6-4-7-19(18)15-21)23(31)30(24(32)27-25)17-28-11-13-29(14-12-28)35(33,34)22-8-3-2-5-20(22)16-26/h2-3,5,8-10,15H,4,6-7,11-14,17H2,1H3,(H,27,32). The maximum atomic E-state index is 13.4. The van der Waals surface area contributed by atoms with E-state index in [1.54, 1.807) is 19.1 Å². The molecule has 0 spiro atoms. The number of aryl methyl sites for hydroxylation is 2. The van der Waals surface area contributed by atoms with E-state index in [2.05, 4.69) is 11.4 Å². The number of nitriles is 1. The van der Waals surface area contributed by atoms with E-state index in [-0.39, 0.29) is 36.1 Å². The second-order valence-corrected chi connectivity index (χ2v) is 11.3. The average Bonchev–Trinajstić information content (AvgIpc) is 3.42. The Kier molecular flexibility index (Phi) is 5.87. The Hall–Kier alpha value is -3.26. The molecule has 2 aromatic rings. The molecule has 1 N–H and O–H groups in total. The zero-order chi connectivity index (χ0) is 24.8. The summed E-state index contributed by atoms with van der Waals surface area (Å²) in [6.07, 6.45) is 3.13. The Morgan fingerprint density at radius 3 is 2.49 bits per heavy atom. The van der Waals surface area contributed by atoms with Crippen molar-refractivity contribution in [3.8, 4) is 6.07 Å². The molecule has 3 aliphatic rings. The number of nitrogens with one attached hydrogen (secondary N) is 1. The molecule has 2 aliphatic heterocycles. The predicted molar refractivity (Wildman–Crippen MR) is 128 cm³/mol. The largest absolute Gasteiger partial charge is 0.326 e. The van der Waals surface area contributed by atoms with Gasteiger partial charge in [-0.2, -0.15) is 9.57 Å². The predicted octanol–water partition coefficient (Wildman–Crippen LogP) is 1.78. The van der Waals surface area contributed by atoms with E-state index in [4.69, 9.17) is 0 Å². The molecule has 35 heavy (non-hydrogen) atoms. The second-order valence-electron chi connectivity index (χ2n) is 9.40. The van der Waals surface area contributed by atoms with Gasteiger partial charge in [0.2, 0.25) is 10.0 Å². The zero-order valence-electron chi connectivity index (χ0n) is 19.5. The highest BCUT2D eigenvalue weighted by Gasteiger charge is 2.49. The van der Waals surface area contributed by atoms with Crippen LogP contribution < -0.4 is 5.32 Å². The molecule has 2 saturated heterocycles. The highest BCUT2D eigenvalue weighted by molar-refractivity contribution is 7.89. The van der Waals surface area contributed by atoms with Gasteiger partial charge in [0.1, 0.15) is 11.6 Å². The van der Waals surface area contributed by atoms with Crippen molar-refractivity contribution in [2.75, 3.05) is 32.8 Å². The first kappa shape index (κ1) is 23.5. The van der Waals surface area contributed by atoms with Crippen LogP contribution in [0.1, 0.15) is 35.6 Å². The summed E-state index contributed by atoms with van der Waals surface area (Å²) in [4.78, 5) is 29.3. The summed E-state index contributed by atoms with van der Waals surface area (Å²) in [6, 6.07) is 13.6. The van der Waals surface area contributed by atoms with Gasteiger partial charge in [0, 0.05) is 26.2 Å². The molecule has 0 saturated carbocycles. The summed E-state index contributed by atoms with van der Waals surface area (Å²) in [5.74, 6) is -0.307. The smallest absolute Gasteiger partial charge is 0.319 e. The fourth-order valence-electron chi connectivity index (χ4n) is 5.14. The third-order valence-electron chi connectivity index (χ3n) is 7.25. The first-order valence-corrected chi connectivity index (χ1v) is 13.2. The monoisotopic (exact) mass is 493 g/mol. The summed E-state index contributed by atoms with van der Waals surface area (Å²) in [5, 5.41) is 12.2. The van der Waals surface area contributed by atoms with Crippen LogP contribution in [0.5, 0.6) is 0 Å². The number of nitrogens with zero attached hydrogens (tertiary/aromatic N) is 4. The van der Waals surface area contributed by atoms with Crippen molar-refractivity contribution >= 4 is 22.0 Å². The number of urea groups is 1. The lowest BCUT2D eigenvalue weighted by Crippen LogP contribution is -2.52. The van der Waals surface area contributed by atoms with Crippen molar-refractivity contribution < 1.29 is 18.0 Å². The SMILES string of the molecule is CC1(c2ccc3c(c2)CCC3)NC(=O)N(CN2CCN(S(=O)(=O)c3ccccc3C#N)CC2)C1=O. The van der Waals surface area contributed by atoms with Crippen LogP contribution in [0, 0.1) is 11.3 Å². The molecule has 1 aliphatic carbocycles. The molecule has 0 radical (unpaired) electrons. The Labute approximate surface area is 205 Å². The highest BCUT2D eigenvalue weighted by Crippen LogP contribution is 2.33. The maximum Gasteiger partial charge on any atom is 0.326 e. The quantitative estimate of drug-likeness (QED) is 0.635. The number of hydrogen-bond donors (Lipinski definition) is 1. The summed E-state index contributed by atoms with van der Waals surface area (Å²) < 4.78 is 27.5. The number of carbonyl (C=O) groups excluding carboxylic acids is 2. The second kappa shape index (κ2) is 8.75. The Morgan fingerprint density at radius 2 is 1.74 bits per heavy atom. The van der Waals surface area contributed by atoms with Gasteiger partial charge < -0.3 is 5.32 Å². The van der Waals surface area contributed by atoms with Crippen molar-refractivity contribution in [3.05, 3.63) is 64.7 Å². The normalized spacial score (nSPS) is 23.3. The lowest BCUT2D eigenvalue weighted by molar-refractivity contribution is -0.132. The number of imide groups is 1. The Morgan fingerprint density at radius 1 is 1.03 bits per heavy atom. The number of rotatable bonds is 5. The fourth-order valence-corrected chi connectivity index (χ4v) is 6.70. The van der Waals surface area contributed by atoms with Crippen LogP contribution in [-0.2, 0) is 33.2 Å². The summed E-state index contributed by atoms with van der Waals surface area (Å²) >= 11 is 0. The minimum atomic E-state index is -3.81. The Balaban J connectivity index is 1.26. The fraction of sp³-hybridized carbons (Fsp3) is 0.400. The van der Waals surface area contributed by atoms with Crippen molar-refractivity contribution in [2.45, 2.75) is 36.6 Å². The van der Waals surface area contributed by atoms with Crippen LogP contribution in [-0.4, -0.2) is 67.3 Å². The molecule has 0 bridgehead atoms. The van der Waals surface area contributed by atoms with Gasteiger partial charge in [-0.3, -0.25) is 9.69 Å². The van der Waals surface area contributed by atoms with Gasteiger partial charge >= 0.3 is 6.03 Å². The third kappa shape index (κ3) is 3.99. The Bertz CT molecular complexity index is 1340. The number of benzene rings is 2. The highest BCUT2D eigenvalue weighted by atomic mass is 32.2. The van der Waals surface area contributed by atoms with Crippen molar-refractivity contribution in [3.63, 3.8) is 0 Å². The maximum absolute atomic E-state index is 13.4. The van der Waals surface area contributed by atoms with E-state index in [1.165, 1.54) is 32.5 Å². The molecule has 1 unspecified atom stereocenters. The van der Waals surface area contributed by atoms with Gasteiger partial charge in [0.25, 0.3) is 5.91 Å². The van der Waals surface area contributed by atoms with Crippen LogP contribution in [0.4, 0.5) is 4.79 Å². The van der Waals surface area contributed by atoms with E-state index in [9.17, 15) is 23.3 Å². The van der Waals surface area contributed by atoms with Crippen LogP contribution in [0.3, 0.4) is 0 Å². The van der Waals surface area contributed by atoms with Crippen molar-refractivity contribution in [1.29, 1.82) is 5.26 Å². The lowest BCUT2D eigenvalue weighted by atomic mass is 9.90. The molecule has 1 atom stereocenters. The molecule has 2 fully saturated rings. The summed E-state index contributed by atoms with van der Waals surface area (Å²) in [7, 11) is -3.81. The molecule has 2 heterocycles. The van der Waals surface area contributed by atoms with E-state index in [0.29, 0.717) is 13.1 Å². The minimum Gasteiger partial charge on any atom is -0.319 e. The summed E-state index contributed by atoms with van der Waals surface area (Å²) in [5.41, 5.74) is 2.31. The van der Waals surface area contributed by atoms with Crippen LogP contribution in [0.25, 0.3) is 0 Å².